The summed E-state index contributed by atoms with van der Waals surface area (Å²) in [5.41, 5.74) is 0.606. The van der Waals surface area contributed by atoms with Crippen LogP contribution in [0.5, 0.6) is 5.75 Å². The zero-order chi connectivity index (χ0) is 21.6. The Morgan fingerprint density at radius 1 is 1.17 bits per heavy atom. The molecule has 1 saturated heterocycles. The zero-order valence-electron chi connectivity index (χ0n) is 16.3. The van der Waals surface area contributed by atoms with Gasteiger partial charge in [-0.1, -0.05) is 6.07 Å². The van der Waals surface area contributed by atoms with Gasteiger partial charge < -0.3 is 20.1 Å². The summed E-state index contributed by atoms with van der Waals surface area (Å²) in [6.07, 6.45) is 0.668. The Hall–Kier alpha value is -3.02. The lowest BCUT2D eigenvalue weighted by Crippen LogP contribution is -2.47. The van der Waals surface area contributed by atoms with Gasteiger partial charge in [0.1, 0.15) is 12.0 Å². The highest BCUT2D eigenvalue weighted by Gasteiger charge is 2.36. The van der Waals surface area contributed by atoms with Crippen molar-refractivity contribution in [2.45, 2.75) is 17.7 Å². The fraction of sp³-hybridized carbons (Fsp3) is 0.316. The number of ether oxygens (including phenoxy) is 2. The summed E-state index contributed by atoms with van der Waals surface area (Å²) in [6.45, 7) is 0.263. The number of pyridine rings is 1. The van der Waals surface area contributed by atoms with Crippen molar-refractivity contribution in [3.8, 4) is 5.75 Å². The first kappa shape index (κ1) is 21.7. The maximum Gasteiger partial charge on any atom is 0.309 e. The van der Waals surface area contributed by atoms with Gasteiger partial charge in [0.05, 0.1) is 37.4 Å². The molecule has 0 spiro atoms. The maximum absolute atomic E-state index is 12.9. The van der Waals surface area contributed by atoms with E-state index in [1.54, 1.807) is 36.5 Å². The van der Waals surface area contributed by atoms with E-state index in [0.717, 1.165) is 4.31 Å². The molecular weight excluding hydrogens is 412 g/mol. The molecule has 1 aliphatic rings. The Morgan fingerprint density at radius 2 is 1.90 bits per heavy atom. The monoisotopic (exact) mass is 434 g/mol. The van der Waals surface area contributed by atoms with Gasteiger partial charge in [-0.2, -0.15) is 4.31 Å². The summed E-state index contributed by atoms with van der Waals surface area (Å²) in [7, 11) is -2.35. The Balaban J connectivity index is 1.56. The highest BCUT2D eigenvalue weighted by Crippen LogP contribution is 2.23. The molecule has 0 bridgehead atoms. The predicted octanol–water partition coefficient (Wildman–Crippen LogP) is -0.130. The molecule has 0 saturated carbocycles. The number of sulfonamides is 1. The van der Waals surface area contributed by atoms with Crippen LogP contribution in [0.3, 0.4) is 0 Å². The van der Waals surface area contributed by atoms with E-state index in [2.05, 4.69) is 15.6 Å². The molecule has 2 heterocycles. The Morgan fingerprint density at radius 3 is 2.57 bits per heavy atom. The van der Waals surface area contributed by atoms with E-state index in [4.69, 9.17) is 9.47 Å². The number of carbonyl (C=O) groups excluding carboxylic acids is 2. The third-order valence-electron chi connectivity index (χ3n) is 4.41. The molecule has 2 aromatic rings. The van der Waals surface area contributed by atoms with Crippen LogP contribution in [0.1, 0.15) is 5.69 Å². The van der Waals surface area contributed by atoms with Gasteiger partial charge >= 0.3 is 11.8 Å². The van der Waals surface area contributed by atoms with Crippen molar-refractivity contribution >= 4 is 21.8 Å². The smallest absolute Gasteiger partial charge is 0.309 e. The van der Waals surface area contributed by atoms with E-state index in [-0.39, 0.29) is 31.1 Å². The van der Waals surface area contributed by atoms with Crippen LogP contribution in [0.4, 0.5) is 0 Å². The zero-order valence-corrected chi connectivity index (χ0v) is 17.1. The van der Waals surface area contributed by atoms with Crippen LogP contribution in [-0.2, 0) is 30.9 Å². The minimum Gasteiger partial charge on any atom is -0.497 e. The molecule has 1 aromatic carbocycles. The number of hydrogen-bond acceptors (Lipinski definition) is 7. The number of nitrogens with zero attached hydrogens (tertiary/aromatic N) is 2. The van der Waals surface area contributed by atoms with E-state index in [0.29, 0.717) is 11.4 Å². The van der Waals surface area contributed by atoms with Gasteiger partial charge in [0, 0.05) is 12.7 Å². The molecule has 3 rings (SSSR count). The SMILES string of the molecule is COc1ccc(S(=O)(=O)N2CCO[C@H]2CNC(=O)C(=O)NCc2ccccn2)cc1. The lowest BCUT2D eigenvalue weighted by Gasteiger charge is -2.22. The number of benzene rings is 1. The van der Waals surface area contributed by atoms with Crippen molar-refractivity contribution in [1.29, 1.82) is 0 Å². The van der Waals surface area contributed by atoms with Crippen LogP contribution in [0, 0.1) is 0 Å². The fourth-order valence-corrected chi connectivity index (χ4v) is 4.35. The van der Waals surface area contributed by atoms with E-state index in [1.165, 1.54) is 19.2 Å². The van der Waals surface area contributed by atoms with Gasteiger partial charge in [-0.3, -0.25) is 14.6 Å². The molecular formula is C19H22N4O6S. The molecule has 1 atom stereocenters. The number of methoxy groups -OCH3 is 1. The summed E-state index contributed by atoms with van der Waals surface area (Å²) in [6, 6.07) is 11.2. The molecule has 1 aromatic heterocycles. The number of aromatic nitrogens is 1. The summed E-state index contributed by atoms with van der Waals surface area (Å²) >= 11 is 0. The van der Waals surface area contributed by atoms with Gasteiger partial charge in [-0.25, -0.2) is 8.42 Å². The Kier molecular flexibility index (Phi) is 6.98. The van der Waals surface area contributed by atoms with Crippen molar-refractivity contribution in [2.75, 3.05) is 26.8 Å². The average Bonchev–Trinajstić information content (AvgIpc) is 3.26. The predicted molar refractivity (Wildman–Crippen MR) is 106 cm³/mol. The second-order valence-corrected chi connectivity index (χ2v) is 8.22. The third-order valence-corrected chi connectivity index (χ3v) is 6.31. The fourth-order valence-electron chi connectivity index (χ4n) is 2.84. The average molecular weight is 434 g/mol. The normalized spacial score (nSPS) is 16.8. The number of rotatable bonds is 7. The van der Waals surface area contributed by atoms with Crippen molar-refractivity contribution < 1.29 is 27.5 Å². The Bertz CT molecular complexity index is 982. The number of hydrogen-bond donors (Lipinski definition) is 2. The molecule has 2 amide bonds. The highest BCUT2D eigenvalue weighted by atomic mass is 32.2. The largest absolute Gasteiger partial charge is 0.497 e. The molecule has 0 radical (unpaired) electrons. The lowest BCUT2D eigenvalue weighted by atomic mass is 10.3. The number of amides is 2. The minimum absolute atomic E-state index is 0.0817. The maximum atomic E-state index is 12.9. The van der Waals surface area contributed by atoms with Crippen molar-refractivity contribution in [2.24, 2.45) is 0 Å². The number of carbonyl (C=O) groups is 2. The van der Waals surface area contributed by atoms with Crippen molar-refractivity contribution in [1.82, 2.24) is 19.9 Å². The van der Waals surface area contributed by atoms with E-state index in [9.17, 15) is 18.0 Å². The van der Waals surface area contributed by atoms with E-state index >= 15 is 0 Å². The first-order valence-corrected chi connectivity index (χ1v) is 10.6. The van der Waals surface area contributed by atoms with E-state index in [1.807, 2.05) is 0 Å². The van der Waals surface area contributed by atoms with Crippen LogP contribution in [0.2, 0.25) is 0 Å². The second kappa shape index (κ2) is 9.65. The second-order valence-electron chi connectivity index (χ2n) is 6.33. The van der Waals surface area contributed by atoms with Gasteiger partial charge in [-0.15, -0.1) is 0 Å². The highest BCUT2D eigenvalue weighted by molar-refractivity contribution is 7.89. The Labute approximate surface area is 174 Å². The molecule has 2 N–H and O–H groups in total. The topological polar surface area (TPSA) is 127 Å². The summed E-state index contributed by atoms with van der Waals surface area (Å²) in [5, 5.41) is 4.86. The lowest BCUT2D eigenvalue weighted by molar-refractivity contribution is -0.139. The number of nitrogens with one attached hydrogen (secondary N) is 2. The van der Waals surface area contributed by atoms with Crippen LogP contribution in [-0.4, -0.2) is 62.6 Å². The molecule has 160 valence electrons. The first-order valence-electron chi connectivity index (χ1n) is 9.15. The van der Waals surface area contributed by atoms with Crippen LogP contribution in [0.25, 0.3) is 0 Å². The quantitative estimate of drug-likeness (QED) is 0.581. The molecule has 1 fully saturated rings. The standard InChI is InChI=1S/C19H22N4O6S/c1-28-15-5-7-16(8-6-15)30(26,27)23-10-11-29-17(23)13-22-19(25)18(24)21-12-14-4-2-3-9-20-14/h2-9,17H,10-13H2,1H3,(H,21,24)(H,22,25)/t17-/m0/s1. The van der Waals surface area contributed by atoms with Gasteiger partial charge in [0.15, 0.2) is 0 Å². The summed E-state index contributed by atoms with van der Waals surface area (Å²) in [5.74, 6) is -1.20. The minimum atomic E-state index is -3.83. The van der Waals surface area contributed by atoms with Crippen molar-refractivity contribution in [3.05, 3.63) is 54.4 Å². The molecule has 1 aliphatic heterocycles. The van der Waals surface area contributed by atoms with Gasteiger partial charge in [0.25, 0.3) is 0 Å². The summed E-state index contributed by atoms with van der Waals surface area (Å²) < 4.78 is 37.4. The molecule has 0 aliphatic carbocycles. The van der Waals surface area contributed by atoms with Crippen LogP contribution in [0.15, 0.2) is 53.6 Å². The molecule has 30 heavy (non-hydrogen) atoms. The van der Waals surface area contributed by atoms with E-state index < -0.39 is 28.1 Å². The van der Waals surface area contributed by atoms with Crippen LogP contribution < -0.4 is 15.4 Å². The van der Waals surface area contributed by atoms with Crippen LogP contribution >= 0.6 is 0 Å². The molecule has 0 unspecified atom stereocenters. The van der Waals surface area contributed by atoms with Gasteiger partial charge in [0.2, 0.25) is 10.0 Å². The summed E-state index contributed by atoms with van der Waals surface area (Å²) in [4.78, 5) is 28.1. The molecule has 11 heteroatoms. The first-order chi connectivity index (χ1) is 14.4. The third kappa shape index (κ3) is 5.12. The molecule has 10 nitrogen and oxygen atoms in total. The van der Waals surface area contributed by atoms with Crippen molar-refractivity contribution in [3.63, 3.8) is 0 Å². The van der Waals surface area contributed by atoms with Gasteiger partial charge in [-0.05, 0) is 36.4 Å².